The van der Waals surface area contributed by atoms with Crippen LogP contribution in [0.2, 0.25) is 0 Å². The van der Waals surface area contributed by atoms with Crippen LogP contribution in [0.4, 0.5) is 0 Å². The summed E-state index contributed by atoms with van der Waals surface area (Å²) in [6, 6.07) is 16.4. The molecule has 1 heterocycles. The van der Waals surface area contributed by atoms with Gasteiger partial charge in [-0.2, -0.15) is 0 Å². The van der Waals surface area contributed by atoms with Crippen LogP contribution in [-0.2, 0) is 27.3 Å². The molecule has 0 saturated heterocycles. The summed E-state index contributed by atoms with van der Waals surface area (Å²) in [5.74, 6) is 1.19. The average molecular weight is 503 g/mol. The fourth-order valence-electron chi connectivity index (χ4n) is 4.85. The number of benzene rings is 3. The van der Waals surface area contributed by atoms with Gasteiger partial charge in [-0.25, -0.2) is 4.79 Å². The number of rotatable bonds is 7. The summed E-state index contributed by atoms with van der Waals surface area (Å²) in [4.78, 5) is 13.2. The van der Waals surface area contributed by atoms with Crippen molar-refractivity contribution in [3.05, 3.63) is 81.9 Å². The third-order valence-electron chi connectivity index (χ3n) is 6.74. The van der Waals surface area contributed by atoms with Gasteiger partial charge in [0.1, 0.15) is 18.1 Å². The van der Waals surface area contributed by atoms with E-state index in [4.69, 9.17) is 18.9 Å². The molecule has 0 aliphatic carbocycles. The molecule has 3 aromatic rings. The van der Waals surface area contributed by atoms with E-state index in [1.54, 1.807) is 0 Å². The molecular weight excluding hydrogens is 464 g/mol. The van der Waals surface area contributed by atoms with Crippen LogP contribution in [-0.4, -0.2) is 25.3 Å². The van der Waals surface area contributed by atoms with Crippen LogP contribution < -0.4 is 9.47 Å². The monoisotopic (exact) mass is 502 g/mol. The zero-order chi connectivity index (χ0) is 26.7. The number of carbonyl (C=O) groups excluding carboxylic acids is 1. The van der Waals surface area contributed by atoms with E-state index >= 15 is 0 Å². The minimum Gasteiger partial charge on any atom is -0.493 e. The van der Waals surface area contributed by atoms with E-state index in [1.807, 2.05) is 45.9 Å². The van der Waals surface area contributed by atoms with Crippen LogP contribution in [0.25, 0.3) is 11.1 Å². The summed E-state index contributed by atoms with van der Waals surface area (Å²) < 4.78 is 24.0. The highest BCUT2D eigenvalue weighted by atomic mass is 16.6. The third kappa shape index (κ3) is 5.99. The second-order valence-corrected chi connectivity index (χ2v) is 10.7. The molecule has 0 fully saturated rings. The maximum atomic E-state index is 13.2. The first-order valence-corrected chi connectivity index (χ1v) is 12.9. The molecule has 5 heteroatoms. The van der Waals surface area contributed by atoms with E-state index in [0.717, 1.165) is 58.6 Å². The summed E-state index contributed by atoms with van der Waals surface area (Å²) in [6.07, 6.45) is 1.02. The first kappa shape index (κ1) is 26.7. The highest BCUT2D eigenvalue weighted by Crippen LogP contribution is 2.45. The molecule has 1 aliphatic heterocycles. The van der Waals surface area contributed by atoms with Crippen LogP contribution in [0.3, 0.4) is 0 Å². The highest BCUT2D eigenvalue weighted by molar-refractivity contribution is 5.86. The molecule has 196 valence electrons. The van der Waals surface area contributed by atoms with Gasteiger partial charge in [0.15, 0.2) is 6.10 Å². The van der Waals surface area contributed by atoms with E-state index in [0.29, 0.717) is 12.4 Å². The van der Waals surface area contributed by atoms with Crippen molar-refractivity contribution in [2.24, 2.45) is 0 Å². The molecule has 0 N–H and O–H groups in total. The van der Waals surface area contributed by atoms with Gasteiger partial charge >= 0.3 is 5.97 Å². The SMILES string of the molecule is COC(=O)C(OC(C)(C)C)c1c(C)ccc(OCc2ccc(C)cc2)c1-c1ccc2c(c1C)CCCO2. The number of carbonyl (C=O) groups is 1. The molecule has 0 amide bonds. The van der Waals surface area contributed by atoms with Gasteiger partial charge in [-0.05, 0) is 94.3 Å². The fourth-order valence-corrected chi connectivity index (χ4v) is 4.85. The first-order valence-electron chi connectivity index (χ1n) is 12.9. The Kier molecular flexibility index (Phi) is 7.93. The summed E-state index contributed by atoms with van der Waals surface area (Å²) in [7, 11) is 1.40. The fraction of sp³-hybridized carbons (Fsp3) is 0.406. The highest BCUT2D eigenvalue weighted by Gasteiger charge is 2.34. The maximum Gasteiger partial charge on any atom is 0.339 e. The number of ether oxygens (including phenoxy) is 4. The summed E-state index contributed by atoms with van der Waals surface area (Å²) in [5.41, 5.74) is 7.61. The molecule has 0 aromatic heterocycles. The van der Waals surface area contributed by atoms with Crippen molar-refractivity contribution in [1.82, 2.24) is 0 Å². The van der Waals surface area contributed by atoms with Crippen LogP contribution in [0.5, 0.6) is 11.5 Å². The maximum absolute atomic E-state index is 13.2. The van der Waals surface area contributed by atoms with Crippen molar-refractivity contribution < 1.29 is 23.7 Å². The molecular formula is C32H38O5. The largest absolute Gasteiger partial charge is 0.493 e. The standard InChI is InChI=1S/C32H38O5/c1-20-10-13-23(14-11-20)19-36-27-16-12-21(2)28(30(31(33)34-7)37-32(4,5)6)29(27)25-15-17-26-24(22(25)3)9-8-18-35-26/h10-17,30H,8-9,18-19H2,1-7H3. The van der Waals surface area contributed by atoms with Crippen molar-refractivity contribution >= 4 is 5.97 Å². The van der Waals surface area contributed by atoms with Crippen LogP contribution >= 0.6 is 0 Å². The van der Waals surface area contributed by atoms with Crippen LogP contribution in [0.15, 0.2) is 48.5 Å². The van der Waals surface area contributed by atoms with Gasteiger partial charge in [0.05, 0.1) is 19.3 Å². The Bertz CT molecular complexity index is 1270. The normalized spacial score (nSPS) is 13.9. The lowest BCUT2D eigenvalue weighted by molar-refractivity contribution is -0.164. The lowest BCUT2D eigenvalue weighted by Crippen LogP contribution is -2.29. The summed E-state index contributed by atoms with van der Waals surface area (Å²) in [6.45, 7) is 13.2. The zero-order valence-electron chi connectivity index (χ0n) is 23.1. The van der Waals surface area contributed by atoms with E-state index < -0.39 is 17.7 Å². The number of esters is 1. The molecule has 0 spiro atoms. The van der Waals surface area contributed by atoms with E-state index in [9.17, 15) is 4.79 Å². The first-order chi connectivity index (χ1) is 17.6. The molecule has 4 rings (SSSR count). The Morgan fingerprint density at radius 2 is 1.73 bits per heavy atom. The second-order valence-electron chi connectivity index (χ2n) is 10.7. The molecule has 1 atom stereocenters. The van der Waals surface area contributed by atoms with Crippen molar-refractivity contribution in [3.8, 4) is 22.6 Å². The molecule has 0 saturated carbocycles. The molecule has 37 heavy (non-hydrogen) atoms. The Balaban J connectivity index is 1.91. The Morgan fingerprint density at radius 3 is 2.41 bits per heavy atom. The van der Waals surface area contributed by atoms with Gasteiger partial charge in [-0.15, -0.1) is 0 Å². The topological polar surface area (TPSA) is 54.0 Å². The molecule has 3 aromatic carbocycles. The number of hydrogen-bond donors (Lipinski definition) is 0. The van der Waals surface area contributed by atoms with Gasteiger partial charge in [0.25, 0.3) is 0 Å². The van der Waals surface area contributed by atoms with Gasteiger partial charge in [-0.1, -0.05) is 42.0 Å². The molecule has 0 radical (unpaired) electrons. The van der Waals surface area contributed by atoms with Gasteiger partial charge in [0.2, 0.25) is 0 Å². The van der Waals surface area contributed by atoms with E-state index in [2.05, 4.69) is 44.2 Å². The quantitative estimate of drug-likeness (QED) is 0.320. The predicted octanol–water partition coefficient (Wildman–Crippen LogP) is 7.21. The number of hydrogen-bond acceptors (Lipinski definition) is 5. The predicted molar refractivity (Wildman–Crippen MR) is 146 cm³/mol. The van der Waals surface area contributed by atoms with Crippen molar-refractivity contribution in [1.29, 1.82) is 0 Å². The molecule has 0 bridgehead atoms. The molecule has 1 aliphatic rings. The van der Waals surface area contributed by atoms with Crippen molar-refractivity contribution in [2.75, 3.05) is 13.7 Å². The number of fused-ring (bicyclic) bond motifs is 1. The third-order valence-corrected chi connectivity index (χ3v) is 6.74. The Morgan fingerprint density at radius 1 is 1.00 bits per heavy atom. The Labute approximate surface area is 220 Å². The van der Waals surface area contributed by atoms with Gasteiger partial charge < -0.3 is 18.9 Å². The van der Waals surface area contributed by atoms with Gasteiger partial charge in [-0.3, -0.25) is 0 Å². The van der Waals surface area contributed by atoms with E-state index in [1.165, 1.54) is 18.2 Å². The lowest BCUT2D eigenvalue weighted by atomic mass is 9.86. The smallest absolute Gasteiger partial charge is 0.339 e. The summed E-state index contributed by atoms with van der Waals surface area (Å²) >= 11 is 0. The Hall–Kier alpha value is -3.31. The molecule has 5 nitrogen and oxygen atoms in total. The number of methoxy groups -OCH3 is 1. The minimum absolute atomic E-state index is 0.409. The van der Waals surface area contributed by atoms with Crippen molar-refractivity contribution in [3.63, 3.8) is 0 Å². The lowest BCUT2D eigenvalue weighted by Gasteiger charge is -2.30. The van der Waals surface area contributed by atoms with Crippen LogP contribution in [0, 0.1) is 20.8 Å². The molecule has 1 unspecified atom stereocenters. The summed E-state index contributed by atoms with van der Waals surface area (Å²) in [5, 5.41) is 0. The van der Waals surface area contributed by atoms with Crippen molar-refractivity contribution in [2.45, 2.75) is 72.7 Å². The van der Waals surface area contributed by atoms with Crippen LogP contribution in [0.1, 0.15) is 66.7 Å². The second kappa shape index (κ2) is 11.0. The average Bonchev–Trinajstić information content (AvgIpc) is 2.87. The minimum atomic E-state index is -0.908. The zero-order valence-corrected chi connectivity index (χ0v) is 23.1. The van der Waals surface area contributed by atoms with E-state index in [-0.39, 0.29) is 0 Å². The van der Waals surface area contributed by atoms with Gasteiger partial charge in [0, 0.05) is 11.1 Å². The number of aryl methyl sites for hydroxylation is 2.